The van der Waals surface area contributed by atoms with E-state index in [1.807, 2.05) is 48.5 Å². The van der Waals surface area contributed by atoms with Crippen LogP contribution < -0.4 is 10.2 Å². The molecule has 0 fully saturated rings. The van der Waals surface area contributed by atoms with Crippen molar-refractivity contribution in [3.8, 4) is 0 Å². The van der Waals surface area contributed by atoms with Crippen LogP contribution in [-0.4, -0.2) is 31.0 Å². The molecule has 122 valence electrons. The topological polar surface area (TPSA) is 45.2 Å². The molecule has 2 aromatic carbocycles. The standard InChI is InChI=1S/C20H21N3O/c1-23(17-9-3-2-4-10-17)15-7-14-21-20(24)19-13-12-16-8-5-6-11-18(16)22-19/h2-6,8-13H,7,14-15H2,1H3,(H,21,24). The lowest BCUT2D eigenvalue weighted by atomic mass is 10.2. The molecule has 24 heavy (non-hydrogen) atoms. The molecule has 0 aliphatic heterocycles. The largest absolute Gasteiger partial charge is 0.375 e. The lowest BCUT2D eigenvalue weighted by Crippen LogP contribution is -2.28. The second-order valence-electron chi connectivity index (χ2n) is 5.76. The van der Waals surface area contributed by atoms with E-state index >= 15 is 0 Å². The molecule has 0 unspecified atom stereocenters. The van der Waals surface area contributed by atoms with E-state index < -0.39 is 0 Å². The number of carbonyl (C=O) groups excluding carboxylic acids is 1. The number of carbonyl (C=O) groups is 1. The summed E-state index contributed by atoms with van der Waals surface area (Å²) in [5.74, 6) is -0.122. The van der Waals surface area contributed by atoms with E-state index in [2.05, 4.69) is 34.4 Å². The highest BCUT2D eigenvalue weighted by Crippen LogP contribution is 2.12. The highest BCUT2D eigenvalue weighted by molar-refractivity contribution is 5.94. The average molecular weight is 319 g/mol. The van der Waals surface area contributed by atoms with Crippen LogP contribution in [0, 0.1) is 0 Å². The zero-order valence-electron chi connectivity index (χ0n) is 13.8. The predicted octanol–water partition coefficient (Wildman–Crippen LogP) is 3.49. The summed E-state index contributed by atoms with van der Waals surface area (Å²) < 4.78 is 0. The molecule has 1 N–H and O–H groups in total. The van der Waals surface area contributed by atoms with Crippen LogP contribution in [0.5, 0.6) is 0 Å². The van der Waals surface area contributed by atoms with E-state index in [4.69, 9.17) is 0 Å². The van der Waals surface area contributed by atoms with Crippen molar-refractivity contribution in [2.24, 2.45) is 0 Å². The summed E-state index contributed by atoms with van der Waals surface area (Å²) in [6, 6.07) is 21.7. The highest BCUT2D eigenvalue weighted by atomic mass is 16.1. The summed E-state index contributed by atoms with van der Waals surface area (Å²) in [5, 5.41) is 3.98. The van der Waals surface area contributed by atoms with Gasteiger partial charge in [-0.25, -0.2) is 4.98 Å². The number of nitrogens with one attached hydrogen (secondary N) is 1. The van der Waals surface area contributed by atoms with E-state index in [9.17, 15) is 4.79 Å². The normalized spacial score (nSPS) is 10.5. The minimum atomic E-state index is -0.122. The number of aromatic nitrogens is 1. The maximum atomic E-state index is 12.2. The van der Waals surface area contributed by atoms with Crippen molar-refractivity contribution in [1.82, 2.24) is 10.3 Å². The molecule has 0 atom stereocenters. The van der Waals surface area contributed by atoms with Gasteiger partial charge in [0.25, 0.3) is 5.91 Å². The van der Waals surface area contributed by atoms with Gasteiger partial charge in [-0.1, -0.05) is 42.5 Å². The first-order chi connectivity index (χ1) is 11.7. The van der Waals surface area contributed by atoms with Crippen LogP contribution in [0.2, 0.25) is 0 Å². The van der Waals surface area contributed by atoms with Gasteiger partial charge in [0.2, 0.25) is 0 Å². The van der Waals surface area contributed by atoms with Crippen molar-refractivity contribution in [2.75, 3.05) is 25.0 Å². The molecule has 1 aromatic heterocycles. The SMILES string of the molecule is CN(CCCNC(=O)c1ccc2ccccc2n1)c1ccccc1. The zero-order valence-corrected chi connectivity index (χ0v) is 13.8. The van der Waals surface area contributed by atoms with Gasteiger partial charge in [-0.2, -0.15) is 0 Å². The number of para-hydroxylation sites is 2. The number of hydrogen-bond donors (Lipinski definition) is 1. The van der Waals surface area contributed by atoms with Crippen molar-refractivity contribution in [1.29, 1.82) is 0 Å². The number of anilines is 1. The third-order valence-electron chi connectivity index (χ3n) is 3.98. The summed E-state index contributed by atoms with van der Waals surface area (Å²) in [4.78, 5) is 18.8. The van der Waals surface area contributed by atoms with Crippen LogP contribution in [0.4, 0.5) is 5.69 Å². The number of amides is 1. The van der Waals surface area contributed by atoms with Gasteiger partial charge in [-0.05, 0) is 30.7 Å². The maximum Gasteiger partial charge on any atom is 0.269 e. The lowest BCUT2D eigenvalue weighted by molar-refractivity contribution is 0.0949. The van der Waals surface area contributed by atoms with Crippen molar-refractivity contribution >= 4 is 22.5 Å². The molecule has 4 nitrogen and oxygen atoms in total. The number of rotatable bonds is 6. The van der Waals surface area contributed by atoms with Crippen molar-refractivity contribution in [2.45, 2.75) is 6.42 Å². The van der Waals surface area contributed by atoms with Gasteiger partial charge in [0, 0.05) is 31.2 Å². The van der Waals surface area contributed by atoms with E-state index in [-0.39, 0.29) is 5.91 Å². The summed E-state index contributed by atoms with van der Waals surface area (Å²) in [6.45, 7) is 1.51. The van der Waals surface area contributed by atoms with Crippen LogP contribution in [0.15, 0.2) is 66.7 Å². The van der Waals surface area contributed by atoms with Gasteiger partial charge < -0.3 is 10.2 Å². The third kappa shape index (κ3) is 3.90. The Morgan fingerprint density at radius 1 is 1.00 bits per heavy atom. The molecular weight excluding hydrogens is 298 g/mol. The van der Waals surface area contributed by atoms with Crippen LogP contribution >= 0.6 is 0 Å². The Hall–Kier alpha value is -2.88. The van der Waals surface area contributed by atoms with Crippen LogP contribution in [0.1, 0.15) is 16.9 Å². The van der Waals surface area contributed by atoms with E-state index in [1.54, 1.807) is 6.07 Å². The zero-order chi connectivity index (χ0) is 16.8. The van der Waals surface area contributed by atoms with E-state index in [0.717, 1.165) is 23.9 Å². The predicted molar refractivity (Wildman–Crippen MR) is 98.4 cm³/mol. The summed E-state index contributed by atoms with van der Waals surface area (Å²) in [7, 11) is 2.06. The van der Waals surface area contributed by atoms with E-state index in [0.29, 0.717) is 12.2 Å². The van der Waals surface area contributed by atoms with Gasteiger partial charge in [-0.3, -0.25) is 4.79 Å². The molecule has 0 aliphatic rings. The third-order valence-corrected chi connectivity index (χ3v) is 3.98. The fraction of sp³-hybridized carbons (Fsp3) is 0.200. The van der Waals surface area contributed by atoms with Gasteiger partial charge >= 0.3 is 0 Å². The first-order valence-electron chi connectivity index (χ1n) is 8.14. The number of fused-ring (bicyclic) bond motifs is 1. The van der Waals surface area contributed by atoms with Gasteiger partial charge in [0.1, 0.15) is 5.69 Å². The maximum absolute atomic E-state index is 12.2. The number of pyridine rings is 1. The second-order valence-corrected chi connectivity index (χ2v) is 5.76. The molecule has 3 aromatic rings. The van der Waals surface area contributed by atoms with Crippen LogP contribution in [0.25, 0.3) is 10.9 Å². The summed E-state index contributed by atoms with van der Waals surface area (Å²) in [5.41, 5.74) is 2.49. The number of benzene rings is 2. The molecule has 0 saturated heterocycles. The Labute approximate surface area is 142 Å². The fourth-order valence-electron chi connectivity index (χ4n) is 2.61. The summed E-state index contributed by atoms with van der Waals surface area (Å²) in [6.07, 6.45) is 0.880. The number of nitrogens with zero attached hydrogens (tertiary/aromatic N) is 2. The molecule has 4 heteroatoms. The van der Waals surface area contributed by atoms with Crippen molar-refractivity contribution in [3.63, 3.8) is 0 Å². The lowest BCUT2D eigenvalue weighted by Gasteiger charge is -2.19. The Morgan fingerprint density at radius 3 is 2.58 bits per heavy atom. The smallest absolute Gasteiger partial charge is 0.269 e. The monoisotopic (exact) mass is 319 g/mol. The molecule has 1 heterocycles. The fourth-order valence-corrected chi connectivity index (χ4v) is 2.61. The molecule has 0 saturated carbocycles. The minimum Gasteiger partial charge on any atom is -0.375 e. The molecule has 0 radical (unpaired) electrons. The first-order valence-corrected chi connectivity index (χ1v) is 8.14. The Bertz CT molecular complexity index is 817. The average Bonchev–Trinajstić information content (AvgIpc) is 2.65. The highest BCUT2D eigenvalue weighted by Gasteiger charge is 2.07. The Kier molecular flexibility index (Phi) is 5.06. The van der Waals surface area contributed by atoms with Crippen molar-refractivity contribution < 1.29 is 4.79 Å². The summed E-state index contributed by atoms with van der Waals surface area (Å²) >= 11 is 0. The molecule has 0 aliphatic carbocycles. The number of hydrogen-bond acceptors (Lipinski definition) is 3. The van der Waals surface area contributed by atoms with Gasteiger partial charge in [0.15, 0.2) is 0 Å². The minimum absolute atomic E-state index is 0.122. The van der Waals surface area contributed by atoms with Crippen LogP contribution in [0.3, 0.4) is 0 Å². The molecule has 3 rings (SSSR count). The quantitative estimate of drug-likeness (QED) is 0.707. The molecule has 0 bridgehead atoms. The van der Waals surface area contributed by atoms with Crippen molar-refractivity contribution in [3.05, 3.63) is 72.4 Å². The Balaban J connectivity index is 1.50. The van der Waals surface area contributed by atoms with Crippen LogP contribution in [-0.2, 0) is 0 Å². The van der Waals surface area contributed by atoms with Gasteiger partial charge in [-0.15, -0.1) is 0 Å². The molecular formula is C20H21N3O. The Morgan fingerprint density at radius 2 is 1.75 bits per heavy atom. The first kappa shape index (κ1) is 16.0. The molecule has 1 amide bonds. The van der Waals surface area contributed by atoms with E-state index in [1.165, 1.54) is 5.69 Å². The molecule has 0 spiro atoms. The van der Waals surface area contributed by atoms with Gasteiger partial charge in [0.05, 0.1) is 5.52 Å². The second kappa shape index (κ2) is 7.59.